The molecule has 2 unspecified atom stereocenters. The number of fused-ring (bicyclic) bond motifs is 1. The van der Waals surface area contributed by atoms with Crippen molar-refractivity contribution in [1.82, 2.24) is 0 Å². The van der Waals surface area contributed by atoms with Crippen LogP contribution in [0, 0.1) is 0 Å². The molecule has 1 aromatic heterocycles. The highest BCUT2D eigenvalue weighted by Gasteiger charge is 2.27. The van der Waals surface area contributed by atoms with Crippen LogP contribution in [-0.2, 0) is 4.74 Å². The van der Waals surface area contributed by atoms with Gasteiger partial charge in [-0.2, -0.15) is 0 Å². The summed E-state index contributed by atoms with van der Waals surface area (Å²) in [5.74, 6) is 0. The van der Waals surface area contributed by atoms with E-state index in [1.54, 1.807) is 11.3 Å². The molecule has 0 amide bonds. The van der Waals surface area contributed by atoms with Crippen molar-refractivity contribution in [1.29, 1.82) is 0 Å². The second-order valence-electron chi connectivity index (χ2n) is 4.30. The number of aliphatic hydroxyl groups excluding tert-OH is 1. The van der Waals surface area contributed by atoms with Gasteiger partial charge in [0.05, 0.1) is 6.10 Å². The number of benzene rings is 1. The SMILES string of the molecule is OC(c1csc2c(Br)cccc12)C1CCCO1. The highest BCUT2D eigenvalue weighted by Crippen LogP contribution is 2.38. The largest absolute Gasteiger partial charge is 0.386 e. The Bertz CT molecular complexity index is 531. The predicted octanol–water partition coefficient (Wildman–Crippen LogP) is 3.88. The molecule has 1 N–H and O–H groups in total. The van der Waals surface area contributed by atoms with Crippen molar-refractivity contribution < 1.29 is 9.84 Å². The van der Waals surface area contributed by atoms with Gasteiger partial charge in [0.25, 0.3) is 0 Å². The lowest BCUT2D eigenvalue weighted by Gasteiger charge is -2.16. The van der Waals surface area contributed by atoms with Gasteiger partial charge in [0.1, 0.15) is 6.10 Å². The van der Waals surface area contributed by atoms with Gasteiger partial charge in [-0.3, -0.25) is 0 Å². The average Bonchev–Trinajstić information content (AvgIpc) is 2.98. The Morgan fingerprint density at radius 3 is 3.12 bits per heavy atom. The molecule has 1 saturated heterocycles. The number of hydrogen-bond donors (Lipinski definition) is 1. The topological polar surface area (TPSA) is 29.5 Å². The van der Waals surface area contributed by atoms with E-state index in [9.17, 15) is 5.11 Å². The fraction of sp³-hybridized carbons (Fsp3) is 0.385. The molecule has 90 valence electrons. The second-order valence-corrected chi connectivity index (χ2v) is 6.04. The quantitative estimate of drug-likeness (QED) is 0.912. The zero-order chi connectivity index (χ0) is 11.8. The van der Waals surface area contributed by atoms with Crippen LogP contribution in [0.5, 0.6) is 0 Å². The van der Waals surface area contributed by atoms with Crippen LogP contribution in [0.2, 0.25) is 0 Å². The van der Waals surface area contributed by atoms with Crippen molar-refractivity contribution >= 4 is 37.4 Å². The number of aliphatic hydroxyl groups is 1. The summed E-state index contributed by atoms with van der Waals surface area (Å²) in [5.41, 5.74) is 0.998. The first-order chi connectivity index (χ1) is 8.27. The first-order valence-corrected chi connectivity index (χ1v) is 7.40. The maximum atomic E-state index is 10.4. The molecule has 2 atom stereocenters. The molecule has 3 rings (SSSR count). The monoisotopic (exact) mass is 312 g/mol. The van der Waals surface area contributed by atoms with E-state index >= 15 is 0 Å². The molecule has 1 aromatic carbocycles. The van der Waals surface area contributed by atoms with Gasteiger partial charge in [-0.15, -0.1) is 11.3 Å². The Kier molecular flexibility index (Phi) is 3.21. The molecule has 2 heterocycles. The Labute approximate surface area is 112 Å². The third-order valence-electron chi connectivity index (χ3n) is 3.22. The minimum absolute atomic E-state index is 0.0354. The minimum Gasteiger partial charge on any atom is -0.386 e. The van der Waals surface area contributed by atoms with Crippen molar-refractivity contribution in [2.24, 2.45) is 0 Å². The summed E-state index contributed by atoms with van der Waals surface area (Å²) in [6.07, 6.45) is 1.47. The number of thiophene rings is 1. The zero-order valence-corrected chi connectivity index (χ0v) is 11.6. The van der Waals surface area contributed by atoms with Crippen LogP contribution in [0.1, 0.15) is 24.5 Å². The molecule has 0 aliphatic carbocycles. The molecule has 0 spiro atoms. The van der Waals surface area contributed by atoms with Crippen LogP contribution in [-0.4, -0.2) is 17.8 Å². The van der Waals surface area contributed by atoms with Crippen molar-refractivity contribution in [3.05, 3.63) is 33.6 Å². The second kappa shape index (κ2) is 4.69. The molecule has 1 aliphatic heterocycles. The molecule has 1 aliphatic rings. The summed E-state index contributed by atoms with van der Waals surface area (Å²) in [7, 11) is 0. The Morgan fingerprint density at radius 2 is 2.35 bits per heavy atom. The van der Waals surface area contributed by atoms with E-state index in [0.717, 1.165) is 34.9 Å². The zero-order valence-electron chi connectivity index (χ0n) is 9.23. The molecule has 17 heavy (non-hydrogen) atoms. The smallest absolute Gasteiger partial charge is 0.107 e. The highest BCUT2D eigenvalue weighted by molar-refractivity contribution is 9.10. The summed E-state index contributed by atoms with van der Waals surface area (Å²) < 4.78 is 7.84. The Hall–Kier alpha value is -0.420. The molecular formula is C13H13BrO2S. The van der Waals surface area contributed by atoms with E-state index in [0.29, 0.717) is 0 Å². The third kappa shape index (κ3) is 2.03. The normalized spacial score (nSPS) is 22.1. The summed E-state index contributed by atoms with van der Waals surface area (Å²) in [6, 6.07) is 6.09. The van der Waals surface area contributed by atoms with Crippen molar-refractivity contribution in [3.63, 3.8) is 0 Å². The first kappa shape index (κ1) is 11.7. The van der Waals surface area contributed by atoms with E-state index in [-0.39, 0.29) is 6.10 Å². The fourth-order valence-electron chi connectivity index (χ4n) is 2.32. The highest BCUT2D eigenvalue weighted by atomic mass is 79.9. The fourth-order valence-corrected chi connectivity index (χ4v) is 3.97. The Morgan fingerprint density at radius 1 is 1.47 bits per heavy atom. The van der Waals surface area contributed by atoms with Crippen molar-refractivity contribution in [2.45, 2.75) is 25.0 Å². The van der Waals surface area contributed by atoms with Gasteiger partial charge in [-0.1, -0.05) is 12.1 Å². The van der Waals surface area contributed by atoms with Gasteiger partial charge in [0, 0.05) is 21.3 Å². The molecule has 2 nitrogen and oxygen atoms in total. The van der Waals surface area contributed by atoms with E-state index in [1.165, 1.54) is 4.70 Å². The summed E-state index contributed by atoms with van der Waals surface area (Å²) in [4.78, 5) is 0. The number of ether oxygens (including phenoxy) is 1. The van der Waals surface area contributed by atoms with Crippen LogP contribution in [0.15, 0.2) is 28.1 Å². The number of halogens is 1. The molecule has 0 bridgehead atoms. The van der Waals surface area contributed by atoms with Crippen LogP contribution in [0.4, 0.5) is 0 Å². The van der Waals surface area contributed by atoms with Crippen molar-refractivity contribution in [2.75, 3.05) is 6.61 Å². The van der Waals surface area contributed by atoms with Gasteiger partial charge >= 0.3 is 0 Å². The molecule has 1 fully saturated rings. The first-order valence-electron chi connectivity index (χ1n) is 5.72. The van der Waals surface area contributed by atoms with Gasteiger partial charge in [0.2, 0.25) is 0 Å². The van der Waals surface area contributed by atoms with E-state index in [1.807, 2.05) is 17.5 Å². The average molecular weight is 313 g/mol. The molecule has 2 aromatic rings. The van der Waals surface area contributed by atoms with Crippen LogP contribution in [0.3, 0.4) is 0 Å². The van der Waals surface area contributed by atoms with Gasteiger partial charge in [-0.05, 0) is 45.6 Å². The van der Waals surface area contributed by atoms with Crippen molar-refractivity contribution in [3.8, 4) is 0 Å². The van der Waals surface area contributed by atoms with E-state index in [4.69, 9.17) is 4.74 Å². The number of rotatable bonds is 2. The van der Waals surface area contributed by atoms with E-state index < -0.39 is 6.10 Å². The number of hydrogen-bond acceptors (Lipinski definition) is 3. The molecule has 0 radical (unpaired) electrons. The third-order valence-corrected chi connectivity index (χ3v) is 5.19. The van der Waals surface area contributed by atoms with Crippen LogP contribution >= 0.6 is 27.3 Å². The van der Waals surface area contributed by atoms with E-state index in [2.05, 4.69) is 22.0 Å². The van der Waals surface area contributed by atoms with Gasteiger partial charge in [-0.25, -0.2) is 0 Å². The molecule has 0 saturated carbocycles. The lowest BCUT2D eigenvalue weighted by Crippen LogP contribution is -2.16. The molecular weight excluding hydrogens is 300 g/mol. The summed E-state index contributed by atoms with van der Waals surface area (Å²) in [6.45, 7) is 0.771. The van der Waals surface area contributed by atoms with Gasteiger partial charge in [0.15, 0.2) is 0 Å². The van der Waals surface area contributed by atoms with Crippen LogP contribution in [0.25, 0.3) is 10.1 Å². The molecule has 4 heteroatoms. The summed E-state index contributed by atoms with van der Waals surface area (Å²) in [5, 5.41) is 13.5. The standard InChI is InChI=1S/C13H13BrO2S/c14-10-4-1-3-8-9(7-17-13(8)10)12(15)11-5-2-6-16-11/h1,3-4,7,11-12,15H,2,5-6H2. The lowest BCUT2D eigenvalue weighted by atomic mass is 10.0. The maximum Gasteiger partial charge on any atom is 0.107 e. The lowest BCUT2D eigenvalue weighted by molar-refractivity contribution is -0.00169. The van der Waals surface area contributed by atoms with Gasteiger partial charge < -0.3 is 9.84 Å². The van der Waals surface area contributed by atoms with Crippen LogP contribution < -0.4 is 0 Å². The summed E-state index contributed by atoms with van der Waals surface area (Å²) >= 11 is 5.21. The minimum atomic E-state index is -0.499. The Balaban J connectivity index is 2.02. The predicted molar refractivity (Wildman–Crippen MR) is 73.5 cm³/mol. The maximum absolute atomic E-state index is 10.4.